The standard InChI is InChI=1S/C71H98N12O12S3/c1-45(84)64(74-96(6,90)91)67(87)79-37-33-70(50-19-11-9-12-20-50,31-35-77-52-27-28-53(77)40-56(39-52)81-48(4)72-58-23-15-17-25-60(58)81)43-62(79)83(69(89)66(47(3)86)76-98(8,94)95)63-44-71(51-21-13-10-14-22-51,34-38-80(63)68(88)65(46(2)85)75-97(7,92)93)32-36-78-54-29-30-55(78)42-57(41-54)82-49(5)73-59-24-16-18-26-61(59)82/h9-26,45-47,52-57,62-66,74-76,84-86H,27-44H2,1-8H3/t45-,46-,47-,52-,53+,54-,55+,56?,57?,62?,63?,64+,65+,66+,70?,71?/m1/s1. The van der Waals surface area contributed by atoms with Gasteiger partial charge in [0.25, 0.3) is 0 Å². The number of amides is 3. The summed E-state index contributed by atoms with van der Waals surface area (Å²) in [7, 11) is -12.8. The van der Waals surface area contributed by atoms with Crippen LogP contribution in [-0.4, -0.2) is 220 Å². The number of nitrogens with zero attached hydrogens (tertiary/aromatic N) is 9. The van der Waals surface area contributed by atoms with E-state index in [1.54, 1.807) is 0 Å². The minimum absolute atomic E-state index is 0.0837. The van der Waals surface area contributed by atoms with E-state index in [2.05, 4.69) is 59.1 Å². The lowest BCUT2D eigenvalue weighted by Crippen LogP contribution is -2.72. The van der Waals surface area contributed by atoms with Gasteiger partial charge in [0.1, 0.15) is 42.1 Å². The number of aromatic nitrogens is 4. The molecule has 4 aromatic carbocycles. The van der Waals surface area contributed by atoms with Crippen LogP contribution in [-0.2, 0) is 55.3 Å². The van der Waals surface area contributed by atoms with E-state index in [1.807, 2.05) is 97.1 Å². The van der Waals surface area contributed by atoms with Crippen molar-refractivity contribution in [2.75, 3.05) is 44.9 Å². The lowest BCUT2D eigenvalue weighted by molar-refractivity contribution is -0.174. The number of sulfonamides is 3. The van der Waals surface area contributed by atoms with Crippen LogP contribution in [0.15, 0.2) is 109 Å². The average molecular weight is 1410 g/mol. The smallest absolute Gasteiger partial charge is 0.246 e. The van der Waals surface area contributed by atoms with Crippen LogP contribution >= 0.6 is 0 Å². The van der Waals surface area contributed by atoms with Gasteiger partial charge < -0.3 is 39.2 Å². The summed E-state index contributed by atoms with van der Waals surface area (Å²) in [5.41, 5.74) is 3.95. The van der Waals surface area contributed by atoms with E-state index in [1.165, 1.54) is 35.5 Å². The molecule has 0 aliphatic carbocycles. The average Bonchev–Trinajstić information content (AvgIpc) is 0.905. The van der Waals surface area contributed by atoms with Gasteiger partial charge in [-0.1, -0.05) is 84.9 Å². The van der Waals surface area contributed by atoms with Crippen molar-refractivity contribution < 1.29 is 55.0 Å². The van der Waals surface area contributed by atoms with E-state index >= 15 is 14.4 Å². The summed E-state index contributed by atoms with van der Waals surface area (Å²) in [6, 6.07) is 31.6. The van der Waals surface area contributed by atoms with Gasteiger partial charge in [-0.15, -0.1) is 0 Å². The molecule has 0 radical (unpaired) electrons. The summed E-state index contributed by atoms with van der Waals surface area (Å²) in [5, 5.41) is 35.1. The topological polar surface area (TPSA) is 302 Å². The zero-order chi connectivity index (χ0) is 70.0. The van der Waals surface area contributed by atoms with Gasteiger partial charge >= 0.3 is 0 Å². The minimum atomic E-state index is -4.36. The zero-order valence-electron chi connectivity index (χ0n) is 57.5. The maximum Gasteiger partial charge on any atom is 0.246 e. The Morgan fingerprint density at radius 1 is 0.500 bits per heavy atom. The van der Waals surface area contributed by atoms with Gasteiger partial charge in [0, 0.05) is 60.2 Å². The Bertz CT molecular complexity index is 3970. The van der Waals surface area contributed by atoms with Crippen LogP contribution in [0.3, 0.4) is 0 Å². The van der Waals surface area contributed by atoms with Gasteiger partial charge in [-0.05, 0) is 173 Å². The third-order valence-corrected chi connectivity index (χ3v) is 24.8. The molecule has 2 aromatic heterocycles. The van der Waals surface area contributed by atoms with Crippen LogP contribution in [0.1, 0.15) is 146 Å². The number of aryl methyl sites for hydroxylation is 2. The van der Waals surface area contributed by atoms with Gasteiger partial charge in [0.15, 0.2) is 0 Å². The molecule has 16 atom stereocenters. The molecule has 27 heteroatoms. The molecular weight excluding hydrogens is 1310 g/mol. The van der Waals surface area contributed by atoms with Crippen LogP contribution < -0.4 is 14.2 Å². The van der Waals surface area contributed by atoms with Gasteiger partial charge in [-0.25, -0.2) is 49.4 Å². The van der Waals surface area contributed by atoms with Crippen LogP contribution in [0.4, 0.5) is 0 Å². The fourth-order valence-corrected chi connectivity index (χ4v) is 20.6. The summed E-state index contributed by atoms with van der Waals surface area (Å²) in [6.45, 7) is 8.80. The molecule has 12 rings (SSSR count). The van der Waals surface area contributed by atoms with E-state index < -0.39 is 107 Å². The monoisotopic (exact) mass is 1410 g/mol. The first kappa shape index (κ1) is 71.6. The number of fused-ring (bicyclic) bond motifs is 6. The number of piperidine rings is 4. The van der Waals surface area contributed by atoms with Gasteiger partial charge in [-0.3, -0.25) is 24.2 Å². The van der Waals surface area contributed by atoms with Crippen LogP contribution in [0.25, 0.3) is 22.1 Å². The molecule has 6 aliphatic heterocycles. The van der Waals surface area contributed by atoms with Crippen molar-refractivity contribution in [1.29, 1.82) is 0 Å². The van der Waals surface area contributed by atoms with E-state index in [4.69, 9.17) is 9.97 Å². The number of carbonyl (C=O) groups excluding carboxylic acids is 3. The molecule has 6 fully saturated rings. The summed E-state index contributed by atoms with van der Waals surface area (Å²) in [5.74, 6) is -0.953. The number of likely N-dealkylation sites (tertiary alicyclic amines) is 2. The lowest BCUT2D eigenvalue weighted by atomic mass is 9.67. The molecule has 4 bridgehead atoms. The molecule has 0 saturated carbocycles. The Balaban J connectivity index is 0.995. The molecular formula is C71H98N12O12S3. The predicted octanol–water partition coefficient (Wildman–Crippen LogP) is 5.32. The second-order valence-electron chi connectivity index (χ2n) is 29.3. The van der Waals surface area contributed by atoms with Crippen molar-refractivity contribution in [3.63, 3.8) is 0 Å². The molecule has 0 spiro atoms. The van der Waals surface area contributed by atoms with E-state index in [9.17, 15) is 40.6 Å². The normalized spacial score (nSPS) is 28.4. The molecule has 532 valence electrons. The van der Waals surface area contributed by atoms with Crippen molar-refractivity contribution >= 4 is 69.9 Å². The summed E-state index contributed by atoms with van der Waals surface area (Å²) in [4.78, 5) is 68.1. The molecule has 6 aliphatic rings. The number of benzene rings is 4. The zero-order valence-corrected chi connectivity index (χ0v) is 59.9. The highest BCUT2D eigenvalue weighted by Crippen LogP contribution is 2.51. The first-order chi connectivity index (χ1) is 46.4. The minimum Gasteiger partial charge on any atom is -0.391 e. The highest BCUT2D eigenvalue weighted by molar-refractivity contribution is 7.89. The second kappa shape index (κ2) is 28.3. The first-order valence-corrected chi connectivity index (χ1v) is 40.5. The highest BCUT2D eigenvalue weighted by Gasteiger charge is 2.56. The summed E-state index contributed by atoms with van der Waals surface area (Å²) < 4.78 is 92.8. The Kier molecular flexibility index (Phi) is 20.7. The number of hydrogen-bond donors (Lipinski definition) is 6. The van der Waals surface area contributed by atoms with Gasteiger partial charge in [0.05, 0.1) is 59.1 Å². The maximum atomic E-state index is 16.9. The third kappa shape index (κ3) is 14.8. The Hall–Kier alpha value is -6.24. The van der Waals surface area contributed by atoms with E-state index in [-0.39, 0.29) is 75.0 Å². The largest absolute Gasteiger partial charge is 0.391 e. The molecule has 3 amide bonds. The fourth-order valence-electron chi connectivity index (χ4n) is 18.3. The number of nitrogens with one attached hydrogen (secondary N) is 3. The number of aliphatic hydroxyl groups excluding tert-OH is 3. The lowest BCUT2D eigenvalue weighted by Gasteiger charge is -2.58. The highest BCUT2D eigenvalue weighted by atomic mass is 32.2. The number of hydrogen-bond acceptors (Lipinski definition) is 16. The molecule has 24 nitrogen and oxygen atoms in total. The van der Waals surface area contributed by atoms with Gasteiger partial charge in [-0.2, -0.15) is 0 Å². The Labute approximate surface area is 576 Å². The predicted molar refractivity (Wildman–Crippen MR) is 375 cm³/mol. The second-order valence-corrected chi connectivity index (χ2v) is 34.7. The Morgan fingerprint density at radius 3 is 1.16 bits per heavy atom. The number of para-hydroxylation sites is 4. The maximum absolute atomic E-state index is 16.9. The third-order valence-electron chi connectivity index (χ3n) is 22.7. The van der Waals surface area contributed by atoms with Crippen molar-refractivity contribution in [2.24, 2.45) is 0 Å². The Morgan fingerprint density at radius 2 is 0.827 bits per heavy atom. The fraction of sp³-hybridized carbons (Fsp3) is 0.592. The quantitative estimate of drug-likeness (QED) is 0.0447. The number of rotatable bonds is 24. The number of aliphatic hydroxyl groups is 3. The molecule has 8 heterocycles. The van der Waals surface area contributed by atoms with E-state index in [0.29, 0.717) is 25.9 Å². The van der Waals surface area contributed by atoms with Crippen LogP contribution in [0, 0.1) is 13.8 Å². The van der Waals surface area contributed by atoms with E-state index in [0.717, 1.165) is 115 Å². The van der Waals surface area contributed by atoms with Crippen LogP contribution in [0.5, 0.6) is 0 Å². The molecule has 6 aromatic rings. The summed E-state index contributed by atoms with van der Waals surface area (Å²) >= 11 is 0. The molecule has 6 saturated heterocycles. The summed E-state index contributed by atoms with van der Waals surface area (Å²) in [6.07, 6.45) is 3.22. The molecule has 6 N–H and O–H groups in total. The first-order valence-electron chi connectivity index (χ1n) is 34.8. The molecule has 6 unspecified atom stereocenters. The number of carbonyl (C=O) groups is 3. The van der Waals surface area contributed by atoms with Crippen molar-refractivity contribution in [2.45, 2.75) is 220 Å². The van der Waals surface area contributed by atoms with Crippen molar-refractivity contribution in [1.82, 2.24) is 57.8 Å². The number of imidazole rings is 2. The van der Waals surface area contributed by atoms with Crippen molar-refractivity contribution in [3.8, 4) is 0 Å². The SMILES string of the molecule is Cc1nc2ccccc2n1C1C[C@H]2CC[C@@H](C1)N2CCC1(c2ccccc2)CCN(C(=O)[C@@H](NS(C)(=O)=O)[C@@H](C)O)C(N(C(=O)[C@@H](NS(C)(=O)=O)[C@@H](C)O)C2CC(CCN3[C@@H]4CC[C@H]3CC(n3c(C)nc5ccccc53)C4)(c3ccccc3)CCN2C(=O)[C@@H](NS(C)(=O)=O)[C@@H](C)O)C1. The van der Waals surface area contributed by atoms with Crippen LogP contribution in [0.2, 0.25) is 0 Å². The van der Waals surface area contributed by atoms with Gasteiger partial charge in [0.2, 0.25) is 47.8 Å². The van der Waals surface area contributed by atoms with Crippen molar-refractivity contribution in [3.05, 3.63) is 132 Å². The molecule has 98 heavy (non-hydrogen) atoms.